The van der Waals surface area contributed by atoms with Gasteiger partial charge in [0, 0.05) is 18.2 Å². The molecule has 7 heteroatoms. The van der Waals surface area contributed by atoms with Crippen molar-refractivity contribution >= 4 is 17.6 Å². The van der Waals surface area contributed by atoms with Crippen molar-refractivity contribution in [1.82, 2.24) is 0 Å². The minimum Gasteiger partial charge on any atom is -0.489 e. The van der Waals surface area contributed by atoms with Crippen LogP contribution in [0.25, 0.3) is 0 Å². The predicted molar refractivity (Wildman–Crippen MR) is 97.0 cm³/mol. The van der Waals surface area contributed by atoms with Gasteiger partial charge in [-0.05, 0) is 55.7 Å². The molecule has 0 spiro atoms. The van der Waals surface area contributed by atoms with Gasteiger partial charge in [-0.1, -0.05) is 0 Å². The van der Waals surface area contributed by atoms with Gasteiger partial charge in [0.15, 0.2) is 0 Å². The minimum atomic E-state index is -1.13. The second-order valence-electron chi connectivity index (χ2n) is 6.43. The average molecular weight is 373 g/mol. The number of ether oxygens (including phenoxy) is 2. The first-order chi connectivity index (χ1) is 12.9. The van der Waals surface area contributed by atoms with Gasteiger partial charge in [-0.15, -0.1) is 0 Å². The van der Waals surface area contributed by atoms with Crippen molar-refractivity contribution in [3.05, 3.63) is 58.9 Å². The number of nitrogens with one attached hydrogen (secondary N) is 1. The standard InChI is InChI=1S/C20H20FNO5/c1-12-7-13(9-14(8-12)20(24)25)19(23)22-17-10-15(21)4-5-18(17)27-11-16-3-2-6-26-16/h4-5,7-10,16H,2-3,6,11H2,1H3,(H,22,23)(H,24,25). The molecule has 0 radical (unpaired) electrons. The lowest BCUT2D eigenvalue weighted by Gasteiger charge is -2.15. The number of carboxylic acid groups (broad SMARTS) is 1. The number of amides is 1. The Hall–Kier alpha value is -2.93. The zero-order chi connectivity index (χ0) is 19.4. The van der Waals surface area contributed by atoms with E-state index in [-0.39, 0.29) is 22.9 Å². The summed E-state index contributed by atoms with van der Waals surface area (Å²) < 4.78 is 24.9. The first-order valence-corrected chi connectivity index (χ1v) is 8.62. The van der Waals surface area contributed by atoms with Crippen LogP contribution in [0, 0.1) is 12.7 Å². The Bertz CT molecular complexity index is 861. The van der Waals surface area contributed by atoms with Crippen molar-refractivity contribution in [2.75, 3.05) is 18.5 Å². The lowest BCUT2D eigenvalue weighted by atomic mass is 10.1. The molecule has 2 N–H and O–H groups in total. The van der Waals surface area contributed by atoms with Crippen LogP contribution >= 0.6 is 0 Å². The van der Waals surface area contributed by atoms with Crippen LogP contribution in [0.1, 0.15) is 39.1 Å². The molecular weight excluding hydrogens is 353 g/mol. The summed E-state index contributed by atoms with van der Waals surface area (Å²) in [6.45, 7) is 2.70. The quantitative estimate of drug-likeness (QED) is 0.807. The van der Waals surface area contributed by atoms with Gasteiger partial charge in [-0.2, -0.15) is 0 Å². The molecule has 142 valence electrons. The highest BCUT2D eigenvalue weighted by atomic mass is 19.1. The zero-order valence-corrected chi connectivity index (χ0v) is 14.8. The topological polar surface area (TPSA) is 84.9 Å². The summed E-state index contributed by atoms with van der Waals surface area (Å²) in [6.07, 6.45) is 1.85. The van der Waals surface area contributed by atoms with E-state index in [4.69, 9.17) is 14.6 Å². The van der Waals surface area contributed by atoms with Gasteiger partial charge in [-0.3, -0.25) is 4.79 Å². The highest BCUT2D eigenvalue weighted by Crippen LogP contribution is 2.27. The monoisotopic (exact) mass is 373 g/mol. The van der Waals surface area contributed by atoms with Crippen LogP contribution in [0.5, 0.6) is 5.75 Å². The van der Waals surface area contributed by atoms with Gasteiger partial charge in [0.2, 0.25) is 0 Å². The highest BCUT2D eigenvalue weighted by molar-refractivity contribution is 6.06. The van der Waals surface area contributed by atoms with Crippen LogP contribution < -0.4 is 10.1 Å². The van der Waals surface area contributed by atoms with Gasteiger partial charge < -0.3 is 19.9 Å². The Balaban J connectivity index is 1.78. The van der Waals surface area contributed by atoms with E-state index in [1.165, 1.54) is 24.3 Å². The van der Waals surface area contributed by atoms with E-state index in [1.807, 2.05) is 0 Å². The Kier molecular flexibility index (Phi) is 5.71. The summed E-state index contributed by atoms with van der Waals surface area (Å²) in [6, 6.07) is 8.16. The van der Waals surface area contributed by atoms with Gasteiger partial charge in [-0.25, -0.2) is 9.18 Å². The highest BCUT2D eigenvalue weighted by Gasteiger charge is 2.18. The molecule has 1 amide bonds. The second-order valence-corrected chi connectivity index (χ2v) is 6.43. The molecule has 0 aliphatic carbocycles. The molecule has 1 atom stereocenters. The summed E-state index contributed by atoms with van der Waals surface area (Å²) in [5.74, 6) is -1.87. The van der Waals surface area contributed by atoms with Crippen LogP contribution in [0.2, 0.25) is 0 Å². The van der Waals surface area contributed by atoms with Crippen LogP contribution in [-0.2, 0) is 4.74 Å². The number of aromatic carboxylic acids is 1. The maximum Gasteiger partial charge on any atom is 0.335 e. The number of aryl methyl sites for hydroxylation is 1. The van der Waals surface area contributed by atoms with E-state index in [0.717, 1.165) is 18.9 Å². The number of carbonyl (C=O) groups is 2. The van der Waals surface area contributed by atoms with Gasteiger partial charge in [0.25, 0.3) is 5.91 Å². The minimum absolute atomic E-state index is 0.00856. The molecule has 1 unspecified atom stereocenters. The summed E-state index contributed by atoms with van der Waals surface area (Å²) in [5.41, 5.74) is 0.988. The second kappa shape index (κ2) is 8.18. The Morgan fingerprint density at radius 2 is 2.04 bits per heavy atom. The van der Waals surface area contributed by atoms with E-state index in [1.54, 1.807) is 13.0 Å². The summed E-state index contributed by atoms with van der Waals surface area (Å²) in [5, 5.41) is 11.7. The molecule has 27 heavy (non-hydrogen) atoms. The van der Waals surface area contributed by atoms with Crippen LogP contribution in [-0.4, -0.2) is 36.3 Å². The number of anilines is 1. The number of carbonyl (C=O) groups excluding carboxylic acids is 1. The van der Waals surface area contributed by atoms with Crippen LogP contribution in [0.4, 0.5) is 10.1 Å². The molecule has 0 aromatic heterocycles. The molecule has 1 aliphatic rings. The third-order valence-corrected chi connectivity index (χ3v) is 4.23. The molecule has 2 aromatic carbocycles. The van der Waals surface area contributed by atoms with Crippen molar-refractivity contribution in [2.45, 2.75) is 25.9 Å². The van der Waals surface area contributed by atoms with E-state index >= 15 is 0 Å². The number of hydrogen-bond acceptors (Lipinski definition) is 4. The molecular formula is C20H20FNO5. The van der Waals surface area contributed by atoms with E-state index in [0.29, 0.717) is 24.5 Å². The molecule has 2 aromatic rings. The van der Waals surface area contributed by atoms with E-state index in [9.17, 15) is 14.0 Å². The van der Waals surface area contributed by atoms with Crippen molar-refractivity contribution in [3.8, 4) is 5.75 Å². The molecule has 1 saturated heterocycles. The number of benzene rings is 2. The van der Waals surface area contributed by atoms with Crippen molar-refractivity contribution < 1.29 is 28.6 Å². The van der Waals surface area contributed by atoms with Crippen LogP contribution in [0.3, 0.4) is 0 Å². The lowest BCUT2D eigenvalue weighted by molar-refractivity contribution is 0.0681. The summed E-state index contributed by atoms with van der Waals surface area (Å²) in [7, 11) is 0. The average Bonchev–Trinajstić information content (AvgIpc) is 3.14. The fraction of sp³-hybridized carbons (Fsp3) is 0.300. The molecule has 3 rings (SSSR count). The molecule has 0 bridgehead atoms. The summed E-state index contributed by atoms with van der Waals surface area (Å²) >= 11 is 0. The lowest BCUT2D eigenvalue weighted by Crippen LogP contribution is -2.18. The van der Waals surface area contributed by atoms with E-state index in [2.05, 4.69) is 5.32 Å². The fourth-order valence-corrected chi connectivity index (χ4v) is 2.92. The maximum absolute atomic E-state index is 13.7. The fourth-order valence-electron chi connectivity index (χ4n) is 2.92. The molecule has 1 heterocycles. The Labute approximate surface area is 155 Å². The Morgan fingerprint density at radius 3 is 2.74 bits per heavy atom. The van der Waals surface area contributed by atoms with Crippen molar-refractivity contribution in [1.29, 1.82) is 0 Å². The predicted octanol–water partition coefficient (Wildman–Crippen LogP) is 3.64. The van der Waals surface area contributed by atoms with Crippen molar-refractivity contribution in [3.63, 3.8) is 0 Å². The normalized spacial score (nSPS) is 16.1. The number of halogens is 1. The maximum atomic E-state index is 13.7. The first kappa shape index (κ1) is 18.8. The number of carboxylic acids is 1. The molecule has 6 nitrogen and oxygen atoms in total. The van der Waals surface area contributed by atoms with Gasteiger partial charge >= 0.3 is 5.97 Å². The number of hydrogen-bond donors (Lipinski definition) is 2. The van der Waals surface area contributed by atoms with E-state index < -0.39 is 17.7 Å². The largest absolute Gasteiger partial charge is 0.489 e. The number of rotatable bonds is 6. The first-order valence-electron chi connectivity index (χ1n) is 8.62. The Morgan fingerprint density at radius 1 is 1.26 bits per heavy atom. The van der Waals surface area contributed by atoms with Crippen molar-refractivity contribution in [2.24, 2.45) is 0 Å². The third-order valence-electron chi connectivity index (χ3n) is 4.23. The smallest absolute Gasteiger partial charge is 0.335 e. The van der Waals surface area contributed by atoms with Crippen LogP contribution in [0.15, 0.2) is 36.4 Å². The summed E-state index contributed by atoms with van der Waals surface area (Å²) in [4.78, 5) is 23.7. The molecule has 1 aliphatic heterocycles. The molecule has 0 saturated carbocycles. The third kappa shape index (κ3) is 4.83. The SMILES string of the molecule is Cc1cc(C(=O)O)cc(C(=O)Nc2cc(F)ccc2OCC2CCCO2)c1. The molecule has 1 fully saturated rings. The van der Waals surface area contributed by atoms with Gasteiger partial charge in [0.1, 0.15) is 18.2 Å². The zero-order valence-electron chi connectivity index (χ0n) is 14.8. The van der Waals surface area contributed by atoms with Gasteiger partial charge in [0.05, 0.1) is 17.4 Å².